The lowest BCUT2D eigenvalue weighted by Crippen LogP contribution is -2.13. The number of methoxy groups -OCH3 is 1. The summed E-state index contributed by atoms with van der Waals surface area (Å²) in [6.45, 7) is 2.58. The summed E-state index contributed by atoms with van der Waals surface area (Å²) >= 11 is 2.32. The second-order valence-electron chi connectivity index (χ2n) is 4.37. The van der Waals surface area contributed by atoms with E-state index < -0.39 is 0 Å². The number of ether oxygens (including phenoxy) is 2. The Balaban J connectivity index is 2.04. The topological polar surface area (TPSA) is 18.5 Å². The van der Waals surface area contributed by atoms with Crippen LogP contribution >= 0.6 is 22.6 Å². The van der Waals surface area contributed by atoms with Crippen LogP contribution in [0.25, 0.3) is 0 Å². The minimum absolute atomic E-state index is 0.0468. The molecule has 2 aromatic rings. The smallest absolute Gasteiger partial charge is 0.119 e. The monoisotopic (exact) mass is 368 g/mol. The molecule has 0 saturated heterocycles. The summed E-state index contributed by atoms with van der Waals surface area (Å²) in [7, 11) is 1.71. The lowest BCUT2D eigenvalue weighted by molar-refractivity contribution is 0.0570. The Morgan fingerprint density at radius 1 is 1.05 bits per heavy atom. The van der Waals surface area contributed by atoms with Crippen molar-refractivity contribution in [2.24, 2.45) is 0 Å². The number of hydrogen-bond acceptors (Lipinski definition) is 2. The molecule has 3 heteroatoms. The predicted octanol–water partition coefficient (Wildman–Crippen LogP) is 4.37. The zero-order valence-electron chi connectivity index (χ0n) is 11.1. The van der Waals surface area contributed by atoms with Crippen LogP contribution < -0.4 is 4.74 Å². The minimum Gasteiger partial charge on any atom is -0.491 e. The van der Waals surface area contributed by atoms with Gasteiger partial charge in [0.15, 0.2) is 0 Å². The molecule has 0 spiro atoms. The normalized spacial score (nSPS) is 12.2. The van der Waals surface area contributed by atoms with Crippen molar-refractivity contribution >= 4 is 22.6 Å². The summed E-state index contributed by atoms with van der Waals surface area (Å²) in [6.07, 6.45) is -0.0468. The van der Waals surface area contributed by atoms with Crippen LogP contribution in [0.15, 0.2) is 48.5 Å². The quantitative estimate of drug-likeness (QED) is 0.730. The predicted molar refractivity (Wildman–Crippen MR) is 85.6 cm³/mol. The van der Waals surface area contributed by atoms with Gasteiger partial charge in [0.25, 0.3) is 0 Å². The van der Waals surface area contributed by atoms with E-state index in [9.17, 15) is 0 Å². The second kappa shape index (κ2) is 6.91. The van der Waals surface area contributed by atoms with Gasteiger partial charge < -0.3 is 9.47 Å². The minimum atomic E-state index is -0.0468. The molecule has 2 rings (SSSR count). The molecule has 2 aromatic carbocycles. The Hall–Kier alpha value is -1.07. The van der Waals surface area contributed by atoms with Crippen LogP contribution in [-0.4, -0.2) is 13.7 Å². The number of rotatable bonds is 5. The fourth-order valence-electron chi connectivity index (χ4n) is 1.83. The average molecular weight is 368 g/mol. The van der Waals surface area contributed by atoms with Crippen LogP contribution in [0.2, 0.25) is 0 Å². The van der Waals surface area contributed by atoms with E-state index in [1.165, 1.54) is 9.13 Å². The zero-order chi connectivity index (χ0) is 13.7. The molecule has 1 atom stereocenters. The van der Waals surface area contributed by atoms with Crippen molar-refractivity contribution in [3.8, 4) is 5.75 Å². The van der Waals surface area contributed by atoms with E-state index in [0.717, 1.165) is 11.3 Å². The Bertz CT molecular complexity index is 523. The maximum Gasteiger partial charge on any atom is 0.119 e. The highest BCUT2D eigenvalue weighted by Crippen LogP contribution is 2.23. The van der Waals surface area contributed by atoms with Crippen molar-refractivity contribution < 1.29 is 9.47 Å². The van der Waals surface area contributed by atoms with E-state index in [1.807, 2.05) is 36.4 Å². The molecule has 0 radical (unpaired) electrons. The summed E-state index contributed by atoms with van der Waals surface area (Å²) < 4.78 is 12.5. The van der Waals surface area contributed by atoms with E-state index in [-0.39, 0.29) is 6.10 Å². The molecule has 2 nitrogen and oxygen atoms in total. The molecule has 0 heterocycles. The van der Waals surface area contributed by atoms with Gasteiger partial charge in [-0.1, -0.05) is 35.9 Å². The zero-order valence-corrected chi connectivity index (χ0v) is 13.3. The highest BCUT2D eigenvalue weighted by Gasteiger charge is 2.14. The molecule has 19 heavy (non-hydrogen) atoms. The summed E-state index contributed by atoms with van der Waals surface area (Å²) in [4.78, 5) is 0. The molecule has 0 aliphatic rings. The standard InChI is InChI=1S/C16H17IO2/c1-12-7-9-13(10-8-12)19-11-16(18-2)14-5-3-4-6-15(14)17/h3-10,16H,11H2,1-2H3/t16-/m0/s1. The lowest BCUT2D eigenvalue weighted by Gasteiger charge is -2.18. The second-order valence-corrected chi connectivity index (χ2v) is 5.53. The largest absolute Gasteiger partial charge is 0.491 e. The van der Waals surface area contributed by atoms with Crippen LogP contribution in [-0.2, 0) is 4.74 Å². The lowest BCUT2D eigenvalue weighted by atomic mass is 10.1. The van der Waals surface area contributed by atoms with Gasteiger partial charge >= 0.3 is 0 Å². The van der Waals surface area contributed by atoms with Gasteiger partial charge in [-0.15, -0.1) is 0 Å². The number of benzene rings is 2. The first-order chi connectivity index (χ1) is 9.20. The van der Waals surface area contributed by atoms with E-state index >= 15 is 0 Å². The van der Waals surface area contributed by atoms with Crippen LogP contribution in [0.4, 0.5) is 0 Å². The first kappa shape index (κ1) is 14.3. The van der Waals surface area contributed by atoms with E-state index in [1.54, 1.807) is 7.11 Å². The highest BCUT2D eigenvalue weighted by atomic mass is 127. The van der Waals surface area contributed by atoms with Gasteiger partial charge in [0.05, 0.1) is 0 Å². The van der Waals surface area contributed by atoms with Crippen molar-refractivity contribution in [2.75, 3.05) is 13.7 Å². The molecule has 100 valence electrons. The van der Waals surface area contributed by atoms with Gasteiger partial charge in [0, 0.05) is 10.7 Å². The van der Waals surface area contributed by atoms with Gasteiger partial charge in [0.1, 0.15) is 18.5 Å². The van der Waals surface area contributed by atoms with E-state index in [4.69, 9.17) is 9.47 Å². The first-order valence-electron chi connectivity index (χ1n) is 6.17. The van der Waals surface area contributed by atoms with Crippen LogP contribution in [0.5, 0.6) is 5.75 Å². The van der Waals surface area contributed by atoms with Crippen molar-refractivity contribution in [1.82, 2.24) is 0 Å². The van der Waals surface area contributed by atoms with Crippen molar-refractivity contribution in [2.45, 2.75) is 13.0 Å². The molecular formula is C16H17IO2. The van der Waals surface area contributed by atoms with Crippen LogP contribution in [0, 0.1) is 10.5 Å². The maximum atomic E-state index is 5.80. The summed E-state index contributed by atoms with van der Waals surface area (Å²) in [5.74, 6) is 0.874. The Morgan fingerprint density at radius 3 is 2.37 bits per heavy atom. The van der Waals surface area contributed by atoms with Crippen molar-refractivity contribution in [1.29, 1.82) is 0 Å². The summed E-state index contributed by atoms with van der Waals surface area (Å²) in [6, 6.07) is 16.3. The molecule has 0 N–H and O–H groups in total. The highest BCUT2D eigenvalue weighted by molar-refractivity contribution is 14.1. The van der Waals surface area contributed by atoms with E-state index in [2.05, 4.69) is 41.6 Å². The first-order valence-corrected chi connectivity index (χ1v) is 7.25. The molecule has 0 unspecified atom stereocenters. The van der Waals surface area contributed by atoms with Crippen molar-refractivity contribution in [3.63, 3.8) is 0 Å². The van der Waals surface area contributed by atoms with Crippen LogP contribution in [0.3, 0.4) is 0 Å². The molecule has 0 saturated carbocycles. The van der Waals surface area contributed by atoms with Crippen molar-refractivity contribution in [3.05, 3.63) is 63.2 Å². The Labute approximate surface area is 127 Å². The molecule has 0 aromatic heterocycles. The van der Waals surface area contributed by atoms with Gasteiger partial charge in [-0.05, 0) is 53.3 Å². The fraction of sp³-hybridized carbons (Fsp3) is 0.250. The van der Waals surface area contributed by atoms with E-state index in [0.29, 0.717) is 6.61 Å². The van der Waals surface area contributed by atoms with Gasteiger partial charge in [0.2, 0.25) is 0 Å². The fourth-order valence-corrected chi connectivity index (χ4v) is 2.56. The molecule has 0 fully saturated rings. The third kappa shape index (κ3) is 3.94. The molecule has 0 amide bonds. The molecule has 0 aliphatic heterocycles. The summed E-state index contributed by atoms with van der Waals surface area (Å²) in [5.41, 5.74) is 2.39. The van der Waals surface area contributed by atoms with Gasteiger partial charge in [-0.25, -0.2) is 0 Å². The number of halogens is 1. The van der Waals surface area contributed by atoms with Crippen LogP contribution in [0.1, 0.15) is 17.2 Å². The number of aryl methyl sites for hydroxylation is 1. The Kier molecular flexibility index (Phi) is 5.22. The third-order valence-corrected chi connectivity index (χ3v) is 3.94. The Morgan fingerprint density at radius 2 is 1.74 bits per heavy atom. The third-order valence-electron chi connectivity index (χ3n) is 2.96. The van der Waals surface area contributed by atoms with Gasteiger partial charge in [-0.2, -0.15) is 0 Å². The number of hydrogen-bond donors (Lipinski definition) is 0. The average Bonchev–Trinajstić information content (AvgIpc) is 2.43. The maximum absolute atomic E-state index is 5.80. The molecule has 0 aliphatic carbocycles. The SMILES string of the molecule is CO[C@@H](COc1ccc(C)cc1)c1ccccc1I. The molecular weight excluding hydrogens is 351 g/mol. The molecule has 0 bridgehead atoms. The van der Waals surface area contributed by atoms with Gasteiger partial charge in [-0.3, -0.25) is 0 Å². The summed E-state index contributed by atoms with van der Waals surface area (Å²) in [5, 5.41) is 0.